The predicted octanol–water partition coefficient (Wildman–Crippen LogP) is 3.16. The number of amides is 1. The van der Waals surface area contributed by atoms with Gasteiger partial charge in [0.05, 0.1) is 6.04 Å². The summed E-state index contributed by atoms with van der Waals surface area (Å²) in [5, 5.41) is 0. The molecule has 5 heteroatoms. The van der Waals surface area contributed by atoms with Gasteiger partial charge >= 0.3 is 6.09 Å². The number of likely N-dealkylation sites (tertiary alicyclic amines) is 1. The number of aromatic nitrogens is 1. The molecule has 1 amide bonds. The third kappa shape index (κ3) is 3.44. The Labute approximate surface area is 134 Å². The van der Waals surface area contributed by atoms with Crippen LogP contribution in [-0.4, -0.2) is 22.5 Å². The molecule has 2 aromatic rings. The lowest BCUT2D eigenvalue weighted by Crippen LogP contribution is -2.31. The zero-order valence-corrected chi connectivity index (χ0v) is 13.1. The number of H-pyrrole nitrogens is 1. The van der Waals surface area contributed by atoms with E-state index in [1.807, 2.05) is 37.3 Å². The van der Waals surface area contributed by atoms with Crippen molar-refractivity contribution in [3.63, 3.8) is 0 Å². The summed E-state index contributed by atoms with van der Waals surface area (Å²) in [6.45, 7) is 2.85. The van der Waals surface area contributed by atoms with Crippen LogP contribution in [0.15, 0.2) is 47.4 Å². The van der Waals surface area contributed by atoms with Crippen LogP contribution in [0.5, 0.6) is 0 Å². The summed E-state index contributed by atoms with van der Waals surface area (Å²) < 4.78 is 5.44. The number of aromatic amines is 1. The first-order valence-corrected chi connectivity index (χ1v) is 7.81. The van der Waals surface area contributed by atoms with E-state index in [2.05, 4.69) is 4.98 Å². The number of pyridine rings is 1. The average molecular weight is 312 g/mol. The van der Waals surface area contributed by atoms with Gasteiger partial charge in [0.2, 0.25) is 5.56 Å². The molecule has 1 fully saturated rings. The monoisotopic (exact) mass is 312 g/mol. The van der Waals surface area contributed by atoms with Crippen LogP contribution in [0, 0.1) is 6.92 Å². The van der Waals surface area contributed by atoms with E-state index >= 15 is 0 Å². The van der Waals surface area contributed by atoms with Gasteiger partial charge in [0.25, 0.3) is 0 Å². The minimum absolute atomic E-state index is 0.0323. The van der Waals surface area contributed by atoms with Crippen LogP contribution < -0.4 is 5.56 Å². The molecule has 120 valence electrons. The Kier molecular flexibility index (Phi) is 4.46. The highest BCUT2D eigenvalue weighted by Gasteiger charge is 2.32. The van der Waals surface area contributed by atoms with Gasteiger partial charge in [-0.05, 0) is 36.5 Å². The summed E-state index contributed by atoms with van der Waals surface area (Å²) in [5.74, 6) is 0. The molecule has 0 radical (unpaired) electrons. The van der Waals surface area contributed by atoms with Gasteiger partial charge in [-0.25, -0.2) is 4.79 Å². The van der Waals surface area contributed by atoms with Crippen molar-refractivity contribution in [3.05, 3.63) is 69.6 Å². The lowest BCUT2D eigenvalue weighted by molar-refractivity contribution is 0.0919. The molecular formula is C18H20N2O3. The number of nitrogens with zero attached hydrogens (tertiary/aromatic N) is 1. The van der Waals surface area contributed by atoms with Crippen molar-refractivity contribution >= 4 is 6.09 Å². The minimum atomic E-state index is -0.304. The average Bonchev–Trinajstić information content (AvgIpc) is 3.03. The summed E-state index contributed by atoms with van der Waals surface area (Å²) in [4.78, 5) is 28.2. The minimum Gasteiger partial charge on any atom is -0.445 e. The zero-order chi connectivity index (χ0) is 16.2. The predicted molar refractivity (Wildman–Crippen MR) is 87.1 cm³/mol. The fraction of sp³-hybridized carbons (Fsp3) is 0.333. The van der Waals surface area contributed by atoms with Crippen molar-refractivity contribution < 1.29 is 9.53 Å². The van der Waals surface area contributed by atoms with Crippen LogP contribution in [0.3, 0.4) is 0 Å². The number of benzene rings is 1. The van der Waals surface area contributed by atoms with E-state index in [4.69, 9.17) is 4.74 Å². The molecule has 1 aromatic carbocycles. The number of nitrogens with one attached hydrogen (secondary N) is 1. The Morgan fingerprint density at radius 2 is 2.13 bits per heavy atom. The molecule has 1 saturated heterocycles. The number of carbonyl (C=O) groups is 1. The Balaban J connectivity index is 1.71. The third-order valence-corrected chi connectivity index (χ3v) is 4.22. The molecular weight excluding hydrogens is 292 g/mol. The maximum Gasteiger partial charge on any atom is 0.410 e. The Morgan fingerprint density at radius 1 is 1.35 bits per heavy atom. The molecule has 0 saturated carbocycles. The maximum atomic E-state index is 12.4. The fourth-order valence-electron chi connectivity index (χ4n) is 3.05. The molecule has 2 heterocycles. The van der Waals surface area contributed by atoms with Crippen molar-refractivity contribution in [3.8, 4) is 0 Å². The van der Waals surface area contributed by atoms with Crippen molar-refractivity contribution in [2.45, 2.75) is 32.4 Å². The standard InChI is InChI=1S/C18H20N2O3/c1-13-10-17(21)19-11-15(13)16-8-5-9-20(16)18(22)23-12-14-6-3-2-4-7-14/h2-4,6-7,10-11,16H,5,8-9,12H2,1H3,(H,19,21)/t16-/m1/s1. The smallest absolute Gasteiger partial charge is 0.410 e. The zero-order valence-electron chi connectivity index (χ0n) is 13.1. The van der Waals surface area contributed by atoms with Gasteiger partial charge in [0.15, 0.2) is 0 Å². The van der Waals surface area contributed by atoms with Crippen molar-refractivity contribution in [2.24, 2.45) is 0 Å². The molecule has 1 aliphatic rings. The fourth-order valence-corrected chi connectivity index (χ4v) is 3.05. The van der Waals surface area contributed by atoms with Crippen molar-refractivity contribution in [1.29, 1.82) is 0 Å². The summed E-state index contributed by atoms with van der Waals surface area (Å²) in [5.41, 5.74) is 2.74. The third-order valence-electron chi connectivity index (χ3n) is 4.22. The van der Waals surface area contributed by atoms with E-state index < -0.39 is 0 Å². The van der Waals surface area contributed by atoms with E-state index in [9.17, 15) is 9.59 Å². The largest absolute Gasteiger partial charge is 0.445 e. The second kappa shape index (κ2) is 6.69. The Hall–Kier alpha value is -2.56. The van der Waals surface area contributed by atoms with Crippen LogP contribution in [-0.2, 0) is 11.3 Å². The molecule has 1 aliphatic heterocycles. The van der Waals surface area contributed by atoms with Crippen LogP contribution in [0.1, 0.15) is 35.6 Å². The van der Waals surface area contributed by atoms with E-state index in [-0.39, 0.29) is 24.3 Å². The molecule has 1 atom stereocenters. The number of carbonyl (C=O) groups excluding carboxylic acids is 1. The first kappa shape index (κ1) is 15.3. The van der Waals surface area contributed by atoms with Gasteiger partial charge in [-0.3, -0.25) is 4.79 Å². The highest BCUT2D eigenvalue weighted by molar-refractivity contribution is 5.69. The molecule has 0 aliphatic carbocycles. The van der Waals surface area contributed by atoms with Gasteiger partial charge < -0.3 is 14.6 Å². The topological polar surface area (TPSA) is 62.4 Å². The van der Waals surface area contributed by atoms with Crippen LogP contribution >= 0.6 is 0 Å². The molecule has 1 N–H and O–H groups in total. The molecule has 23 heavy (non-hydrogen) atoms. The van der Waals surface area contributed by atoms with Gasteiger partial charge in [-0.2, -0.15) is 0 Å². The van der Waals surface area contributed by atoms with Crippen LogP contribution in [0.4, 0.5) is 4.79 Å². The van der Waals surface area contributed by atoms with Crippen LogP contribution in [0.2, 0.25) is 0 Å². The van der Waals surface area contributed by atoms with Crippen molar-refractivity contribution in [2.75, 3.05) is 6.54 Å². The second-order valence-electron chi connectivity index (χ2n) is 5.83. The van der Waals surface area contributed by atoms with Gasteiger partial charge in [-0.15, -0.1) is 0 Å². The molecule has 3 rings (SSSR count). The molecule has 5 nitrogen and oxygen atoms in total. The number of ether oxygens (including phenoxy) is 1. The van der Waals surface area contributed by atoms with Crippen LogP contribution in [0.25, 0.3) is 0 Å². The van der Waals surface area contributed by atoms with Gasteiger partial charge in [-0.1, -0.05) is 30.3 Å². The lowest BCUT2D eigenvalue weighted by atomic mass is 10.0. The molecule has 0 unspecified atom stereocenters. The van der Waals surface area contributed by atoms with Gasteiger partial charge in [0.1, 0.15) is 6.61 Å². The number of hydrogen-bond acceptors (Lipinski definition) is 3. The highest BCUT2D eigenvalue weighted by Crippen LogP contribution is 2.33. The number of rotatable bonds is 3. The normalized spacial score (nSPS) is 17.3. The first-order valence-electron chi connectivity index (χ1n) is 7.81. The first-order chi connectivity index (χ1) is 11.1. The summed E-state index contributed by atoms with van der Waals surface area (Å²) >= 11 is 0. The number of aryl methyl sites for hydroxylation is 1. The Bertz CT molecular complexity index is 739. The van der Waals surface area contributed by atoms with E-state index in [1.165, 1.54) is 0 Å². The quantitative estimate of drug-likeness (QED) is 0.947. The highest BCUT2D eigenvalue weighted by atomic mass is 16.6. The number of hydrogen-bond donors (Lipinski definition) is 1. The molecule has 1 aromatic heterocycles. The maximum absolute atomic E-state index is 12.4. The van der Waals surface area contributed by atoms with E-state index in [0.717, 1.165) is 29.5 Å². The summed E-state index contributed by atoms with van der Waals surface area (Å²) in [6.07, 6.45) is 3.23. The Morgan fingerprint density at radius 3 is 2.87 bits per heavy atom. The second-order valence-corrected chi connectivity index (χ2v) is 5.83. The van der Waals surface area contributed by atoms with E-state index in [0.29, 0.717) is 6.54 Å². The molecule has 0 bridgehead atoms. The van der Waals surface area contributed by atoms with E-state index in [1.54, 1.807) is 17.2 Å². The van der Waals surface area contributed by atoms with Gasteiger partial charge in [0, 0.05) is 18.8 Å². The summed E-state index contributed by atoms with van der Waals surface area (Å²) in [6, 6.07) is 11.2. The lowest BCUT2D eigenvalue weighted by Gasteiger charge is -2.25. The SMILES string of the molecule is Cc1cc(=O)[nH]cc1[C@H]1CCCN1C(=O)OCc1ccccc1. The van der Waals surface area contributed by atoms with Crippen molar-refractivity contribution in [1.82, 2.24) is 9.88 Å². The summed E-state index contributed by atoms with van der Waals surface area (Å²) in [7, 11) is 0. The molecule has 0 spiro atoms.